The van der Waals surface area contributed by atoms with Gasteiger partial charge in [0.15, 0.2) is 0 Å². The lowest BCUT2D eigenvalue weighted by atomic mass is 10.1. The highest BCUT2D eigenvalue weighted by Crippen LogP contribution is 2.18. The Kier molecular flexibility index (Phi) is 4.55. The van der Waals surface area contributed by atoms with Gasteiger partial charge < -0.3 is 14.8 Å². The van der Waals surface area contributed by atoms with Crippen molar-refractivity contribution >= 4 is 0 Å². The largest absolute Gasteiger partial charge is 0.475 e. The van der Waals surface area contributed by atoms with E-state index in [9.17, 15) is 0 Å². The quantitative estimate of drug-likeness (QED) is 0.869. The van der Waals surface area contributed by atoms with Crippen LogP contribution in [0.2, 0.25) is 0 Å². The lowest BCUT2D eigenvalue weighted by Crippen LogP contribution is -2.34. The smallest absolute Gasteiger partial charge is 0.218 e. The maximum Gasteiger partial charge on any atom is 0.218 e. The standard InChI is InChI=1S/C14H22N2O2/c1-10(2)18-14-12(5-4-7-15-14)9-16-13-6-8-17-11(13)3/h4-5,7,10-11,13,16H,6,8-9H2,1-3H3. The van der Waals surface area contributed by atoms with Crippen molar-refractivity contribution in [1.82, 2.24) is 10.3 Å². The summed E-state index contributed by atoms with van der Waals surface area (Å²) >= 11 is 0. The highest BCUT2D eigenvalue weighted by atomic mass is 16.5. The molecule has 0 spiro atoms. The molecule has 0 aromatic carbocycles. The van der Waals surface area contributed by atoms with E-state index in [0.717, 1.165) is 31.0 Å². The number of hydrogen-bond acceptors (Lipinski definition) is 4. The molecule has 1 fully saturated rings. The fourth-order valence-corrected chi connectivity index (χ4v) is 2.13. The molecular formula is C14H22N2O2. The molecule has 4 heteroatoms. The summed E-state index contributed by atoms with van der Waals surface area (Å²) in [4.78, 5) is 4.29. The Morgan fingerprint density at radius 2 is 2.39 bits per heavy atom. The van der Waals surface area contributed by atoms with E-state index in [0.29, 0.717) is 6.04 Å². The van der Waals surface area contributed by atoms with Crippen LogP contribution in [-0.4, -0.2) is 29.8 Å². The van der Waals surface area contributed by atoms with Gasteiger partial charge in [-0.25, -0.2) is 4.98 Å². The zero-order valence-electron chi connectivity index (χ0n) is 11.3. The highest BCUT2D eigenvalue weighted by molar-refractivity contribution is 5.25. The first-order chi connectivity index (χ1) is 8.66. The van der Waals surface area contributed by atoms with Gasteiger partial charge in [-0.05, 0) is 33.3 Å². The second-order valence-electron chi connectivity index (χ2n) is 4.99. The van der Waals surface area contributed by atoms with Gasteiger partial charge in [-0.15, -0.1) is 0 Å². The minimum absolute atomic E-state index is 0.146. The van der Waals surface area contributed by atoms with Gasteiger partial charge >= 0.3 is 0 Å². The second kappa shape index (κ2) is 6.16. The molecule has 1 aromatic rings. The maximum absolute atomic E-state index is 5.70. The topological polar surface area (TPSA) is 43.4 Å². The van der Waals surface area contributed by atoms with Crippen molar-refractivity contribution in [2.24, 2.45) is 0 Å². The summed E-state index contributed by atoms with van der Waals surface area (Å²) in [5.41, 5.74) is 1.10. The average molecular weight is 250 g/mol. The lowest BCUT2D eigenvalue weighted by molar-refractivity contribution is 0.113. The fraction of sp³-hybridized carbons (Fsp3) is 0.643. The Labute approximate surface area is 109 Å². The first kappa shape index (κ1) is 13.3. The molecule has 18 heavy (non-hydrogen) atoms. The van der Waals surface area contributed by atoms with E-state index in [1.165, 1.54) is 0 Å². The molecule has 0 bridgehead atoms. The zero-order chi connectivity index (χ0) is 13.0. The van der Waals surface area contributed by atoms with Crippen molar-refractivity contribution in [3.8, 4) is 5.88 Å². The summed E-state index contributed by atoms with van der Waals surface area (Å²) in [6.45, 7) is 7.76. The van der Waals surface area contributed by atoms with Crippen LogP contribution in [0.4, 0.5) is 0 Å². The van der Waals surface area contributed by atoms with Gasteiger partial charge in [-0.3, -0.25) is 0 Å². The summed E-state index contributed by atoms with van der Waals surface area (Å²) in [7, 11) is 0. The third-order valence-electron chi connectivity index (χ3n) is 3.13. The van der Waals surface area contributed by atoms with Gasteiger partial charge in [-0.2, -0.15) is 0 Å². The minimum atomic E-state index is 0.146. The molecule has 1 saturated heterocycles. The van der Waals surface area contributed by atoms with E-state index in [1.807, 2.05) is 19.9 Å². The predicted octanol–water partition coefficient (Wildman–Crippen LogP) is 2.14. The van der Waals surface area contributed by atoms with Crippen LogP contribution in [0.1, 0.15) is 32.8 Å². The SMILES string of the molecule is CC(C)Oc1ncccc1CNC1CCOC1C. The molecule has 0 radical (unpaired) electrons. The van der Waals surface area contributed by atoms with Crippen LogP contribution >= 0.6 is 0 Å². The molecule has 0 aliphatic carbocycles. The third kappa shape index (κ3) is 3.43. The van der Waals surface area contributed by atoms with Crippen molar-refractivity contribution in [2.75, 3.05) is 6.61 Å². The molecule has 4 nitrogen and oxygen atoms in total. The average Bonchev–Trinajstić information content (AvgIpc) is 2.73. The zero-order valence-corrected chi connectivity index (χ0v) is 11.3. The second-order valence-corrected chi connectivity index (χ2v) is 4.99. The van der Waals surface area contributed by atoms with Crippen molar-refractivity contribution < 1.29 is 9.47 Å². The van der Waals surface area contributed by atoms with Gasteiger partial charge in [0.05, 0.1) is 12.2 Å². The number of ether oxygens (including phenoxy) is 2. The Bertz CT molecular complexity index is 382. The minimum Gasteiger partial charge on any atom is -0.475 e. The number of aromatic nitrogens is 1. The molecule has 2 unspecified atom stereocenters. The molecule has 2 rings (SSSR count). The summed E-state index contributed by atoms with van der Waals surface area (Å²) in [6, 6.07) is 4.42. The van der Waals surface area contributed by atoms with Crippen LogP contribution in [0.3, 0.4) is 0 Å². The number of nitrogens with zero attached hydrogens (tertiary/aromatic N) is 1. The summed E-state index contributed by atoms with van der Waals surface area (Å²) < 4.78 is 11.2. The molecule has 2 atom stereocenters. The number of rotatable bonds is 5. The molecule has 1 aliphatic rings. The van der Waals surface area contributed by atoms with Crippen LogP contribution < -0.4 is 10.1 Å². The summed E-state index contributed by atoms with van der Waals surface area (Å²) in [6.07, 6.45) is 3.27. The third-order valence-corrected chi connectivity index (χ3v) is 3.13. The van der Waals surface area contributed by atoms with Gasteiger partial charge in [0, 0.05) is 31.0 Å². The maximum atomic E-state index is 5.70. The van der Waals surface area contributed by atoms with Crippen molar-refractivity contribution in [2.45, 2.75) is 52.0 Å². The van der Waals surface area contributed by atoms with Gasteiger partial charge in [-0.1, -0.05) is 6.07 Å². The lowest BCUT2D eigenvalue weighted by Gasteiger charge is -2.18. The number of hydrogen-bond donors (Lipinski definition) is 1. The van der Waals surface area contributed by atoms with E-state index in [-0.39, 0.29) is 12.2 Å². The molecule has 100 valence electrons. The molecule has 0 saturated carbocycles. The highest BCUT2D eigenvalue weighted by Gasteiger charge is 2.23. The monoisotopic (exact) mass is 250 g/mol. The van der Waals surface area contributed by atoms with E-state index < -0.39 is 0 Å². The van der Waals surface area contributed by atoms with Crippen molar-refractivity contribution in [3.63, 3.8) is 0 Å². The van der Waals surface area contributed by atoms with Crippen LogP contribution in [-0.2, 0) is 11.3 Å². The van der Waals surface area contributed by atoms with Gasteiger partial charge in [0.25, 0.3) is 0 Å². The van der Waals surface area contributed by atoms with Gasteiger partial charge in [0.1, 0.15) is 0 Å². The van der Waals surface area contributed by atoms with Crippen LogP contribution in [0.5, 0.6) is 5.88 Å². The van der Waals surface area contributed by atoms with E-state index >= 15 is 0 Å². The number of pyridine rings is 1. The van der Waals surface area contributed by atoms with Crippen molar-refractivity contribution in [3.05, 3.63) is 23.9 Å². The van der Waals surface area contributed by atoms with Crippen LogP contribution in [0.15, 0.2) is 18.3 Å². The Balaban J connectivity index is 1.95. The molecule has 1 N–H and O–H groups in total. The molecular weight excluding hydrogens is 228 g/mol. The Morgan fingerprint density at radius 3 is 3.06 bits per heavy atom. The van der Waals surface area contributed by atoms with E-state index in [4.69, 9.17) is 9.47 Å². The van der Waals surface area contributed by atoms with Crippen molar-refractivity contribution in [1.29, 1.82) is 0 Å². The Morgan fingerprint density at radius 1 is 1.56 bits per heavy atom. The predicted molar refractivity (Wildman–Crippen MR) is 70.7 cm³/mol. The summed E-state index contributed by atoms with van der Waals surface area (Å²) in [5, 5.41) is 3.52. The van der Waals surface area contributed by atoms with E-state index in [2.05, 4.69) is 23.3 Å². The molecule has 0 amide bonds. The number of nitrogens with one attached hydrogen (secondary N) is 1. The fourth-order valence-electron chi connectivity index (χ4n) is 2.13. The first-order valence-corrected chi connectivity index (χ1v) is 6.62. The molecule has 1 aliphatic heterocycles. The van der Waals surface area contributed by atoms with Gasteiger partial charge in [0.2, 0.25) is 5.88 Å². The first-order valence-electron chi connectivity index (χ1n) is 6.62. The summed E-state index contributed by atoms with van der Waals surface area (Å²) in [5.74, 6) is 0.728. The van der Waals surface area contributed by atoms with Crippen LogP contribution in [0.25, 0.3) is 0 Å². The van der Waals surface area contributed by atoms with Crippen LogP contribution in [0, 0.1) is 0 Å². The van der Waals surface area contributed by atoms with E-state index in [1.54, 1.807) is 6.20 Å². The molecule has 1 aromatic heterocycles. The normalized spacial score (nSPS) is 23.6. The Hall–Kier alpha value is -1.13. The molecule has 2 heterocycles.